The second-order valence-corrected chi connectivity index (χ2v) is 5.50. The van der Waals surface area contributed by atoms with Crippen LogP contribution in [0.3, 0.4) is 0 Å². The Morgan fingerprint density at radius 2 is 2.10 bits per heavy atom. The molecule has 0 bridgehead atoms. The maximum Gasteiger partial charge on any atom is 0.140 e. The molecule has 0 radical (unpaired) electrons. The van der Waals surface area contributed by atoms with Crippen molar-refractivity contribution >= 4 is 0 Å². The van der Waals surface area contributed by atoms with E-state index in [9.17, 15) is 4.39 Å². The van der Waals surface area contributed by atoms with Crippen LogP contribution >= 0.6 is 0 Å². The number of nitriles is 1. The molecule has 1 atom stereocenters. The largest absolute Gasteiger partial charge is 0.311 e. The van der Waals surface area contributed by atoms with Crippen molar-refractivity contribution in [2.24, 2.45) is 0 Å². The maximum absolute atomic E-state index is 13.2. The third-order valence-electron chi connectivity index (χ3n) is 3.93. The van der Waals surface area contributed by atoms with Gasteiger partial charge in [0, 0.05) is 19.1 Å². The van der Waals surface area contributed by atoms with Crippen molar-refractivity contribution in [3.63, 3.8) is 0 Å². The first-order valence-electron chi connectivity index (χ1n) is 7.34. The highest BCUT2D eigenvalue weighted by Gasteiger charge is 2.15. The van der Waals surface area contributed by atoms with Gasteiger partial charge in [-0.05, 0) is 50.6 Å². The van der Waals surface area contributed by atoms with Crippen LogP contribution < -0.4 is 5.32 Å². The Morgan fingerprint density at radius 1 is 1.35 bits per heavy atom. The van der Waals surface area contributed by atoms with E-state index < -0.39 is 5.82 Å². The van der Waals surface area contributed by atoms with Crippen molar-refractivity contribution in [2.45, 2.75) is 38.8 Å². The van der Waals surface area contributed by atoms with Gasteiger partial charge in [-0.3, -0.25) is 4.90 Å². The lowest BCUT2D eigenvalue weighted by Gasteiger charge is -2.32. The molecule has 20 heavy (non-hydrogen) atoms. The predicted molar refractivity (Wildman–Crippen MR) is 77.7 cm³/mol. The van der Waals surface area contributed by atoms with E-state index in [2.05, 4.69) is 17.1 Å². The Morgan fingerprint density at radius 3 is 2.80 bits per heavy atom. The van der Waals surface area contributed by atoms with Crippen LogP contribution in [0, 0.1) is 17.1 Å². The van der Waals surface area contributed by atoms with E-state index >= 15 is 0 Å². The maximum atomic E-state index is 13.2. The molecular weight excluding hydrogens is 253 g/mol. The number of piperidine rings is 1. The highest BCUT2D eigenvalue weighted by molar-refractivity contribution is 5.34. The van der Waals surface area contributed by atoms with Crippen molar-refractivity contribution in [3.8, 4) is 6.07 Å². The van der Waals surface area contributed by atoms with E-state index in [4.69, 9.17) is 5.26 Å². The Balaban J connectivity index is 1.79. The lowest BCUT2D eigenvalue weighted by Crippen LogP contribution is -2.42. The second-order valence-electron chi connectivity index (χ2n) is 5.50. The summed E-state index contributed by atoms with van der Waals surface area (Å²) in [5.41, 5.74) is 1.07. The minimum absolute atomic E-state index is 0.119. The van der Waals surface area contributed by atoms with Gasteiger partial charge in [-0.1, -0.05) is 12.5 Å². The molecule has 0 saturated carbocycles. The van der Waals surface area contributed by atoms with Crippen molar-refractivity contribution in [1.29, 1.82) is 5.26 Å². The van der Waals surface area contributed by atoms with Gasteiger partial charge in [-0.25, -0.2) is 4.39 Å². The van der Waals surface area contributed by atoms with E-state index in [0.717, 1.165) is 12.1 Å². The zero-order chi connectivity index (χ0) is 14.4. The van der Waals surface area contributed by atoms with Crippen LogP contribution in [0.25, 0.3) is 0 Å². The fraction of sp³-hybridized carbons (Fsp3) is 0.562. The molecule has 0 spiro atoms. The predicted octanol–water partition coefficient (Wildman–Crippen LogP) is 2.66. The first-order chi connectivity index (χ1) is 9.70. The summed E-state index contributed by atoms with van der Waals surface area (Å²) in [6.45, 7) is 6.21. The van der Waals surface area contributed by atoms with E-state index in [1.165, 1.54) is 38.4 Å². The normalized spacial score (nSPS) is 17.6. The molecule has 1 aliphatic heterocycles. The van der Waals surface area contributed by atoms with Crippen LogP contribution in [0.1, 0.15) is 37.3 Å². The van der Waals surface area contributed by atoms with Gasteiger partial charge in [-0.2, -0.15) is 5.26 Å². The molecular formula is C16H22FN3. The third kappa shape index (κ3) is 4.03. The number of hydrogen-bond acceptors (Lipinski definition) is 3. The summed E-state index contributed by atoms with van der Waals surface area (Å²) < 4.78 is 13.2. The van der Waals surface area contributed by atoms with Crippen LogP contribution in [0.4, 0.5) is 4.39 Å². The van der Waals surface area contributed by atoms with Gasteiger partial charge in [0.2, 0.25) is 0 Å². The Hall–Kier alpha value is -1.44. The molecule has 1 N–H and O–H groups in total. The Bertz CT molecular complexity index is 475. The average molecular weight is 275 g/mol. The molecule has 1 heterocycles. The molecule has 108 valence electrons. The number of likely N-dealkylation sites (tertiary alicyclic amines) is 1. The van der Waals surface area contributed by atoms with Gasteiger partial charge in [-0.15, -0.1) is 0 Å². The van der Waals surface area contributed by atoms with Gasteiger partial charge in [0.25, 0.3) is 0 Å². The summed E-state index contributed by atoms with van der Waals surface area (Å²) in [7, 11) is 0. The zero-order valence-electron chi connectivity index (χ0n) is 12.0. The minimum atomic E-state index is -0.446. The SMILES string of the molecule is CC(CNCc1ccc(F)c(C#N)c1)N1CCCCC1. The molecule has 3 nitrogen and oxygen atoms in total. The van der Waals surface area contributed by atoms with Crippen molar-refractivity contribution in [3.05, 3.63) is 35.1 Å². The number of benzene rings is 1. The summed E-state index contributed by atoms with van der Waals surface area (Å²) in [6, 6.07) is 7.11. The van der Waals surface area contributed by atoms with Crippen LogP contribution in [0.5, 0.6) is 0 Å². The molecule has 0 amide bonds. The average Bonchev–Trinajstić information content (AvgIpc) is 2.49. The van der Waals surface area contributed by atoms with Gasteiger partial charge >= 0.3 is 0 Å². The molecule has 1 aromatic carbocycles. The van der Waals surface area contributed by atoms with Crippen LogP contribution in [0.2, 0.25) is 0 Å². The highest BCUT2D eigenvalue weighted by Crippen LogP contribution is 2.12. The van der Waals surface area contributed by atoms with Crippen LogP contribution in [0.15, 0.2) is 18.2 Å². The monoisotopic (exact) mass is 275 g/mol. The molecule has 1 aromatic rings. The lowest BCUT2D eigenvalue weighted by molar-refractivity contribution is 0.170. The topological polar surface area (TPSA) is 39.1 Å². The highest BCUT2D eigenvalue weighted by atomic mass is 19.1. The summed E-state index contributed by atoms with van der Waals surface area (Å²) >= 11 is 0. The third-order valence-corrected chi connectivity index (χ3v) is 3.93. The van der Waals surface area contributed by atoms with Crippen molar-refractivity contribution in [2.75, 3.05) is 19.6 Å². The van der Waals surface area contributed by atoms with Crippen LogP contribution in [-0.4, -0.2) is 30.6 Å². The van der Waals surface area contributed by atoms with Crippen molar-refractivity contribution in [1.82, 2.24) is 10.2 Å². The van der Waals surface area contributed by atoms with Gasteiger partial charge in [0.05, 0.1) is 5.56 Å². The standard InChI is InChI=1S/C16H22FN3/c1-13(20-7-3-2-4-8-20)11-19-12-14-5-6-16(17)15(9-14)10-18/h5-6,9,13,19H,2-4,7-8,11-12H2,1H3. The zero-order valence-corrected chi connectivity index (χ0v) is 12.0. The number of nitrogens with zero attached hydrogens (tertiary/aromatic N) is 2. The molecule has 4 heteroatoms. The first kappa shape index (κ1) is 15.0. The number of hydrogen-bond donors (Lipinski definition) is 1. The van der Waals surface area contributed by atoms with Gasteiger partial charge in [0.1, 0.15) is 11.9 Å². The first-order valence-corrected chi connectivity index (χ1v) is 7.34. The molecule has 1 saturated heterocycles. The number of nitrogens with one attached hydrogen (secondary N) is 1. The van der Waals surface area contributed by atoms with Gasteiger partial charge in [0.15, 0.2) is 0 Å². The Labute approximate surface area is 120 Å². The van der Waals surface area contributed by atoms with E-state index in [-0.39, 0.29) is 5.56 Å². The van der Waals surface area contributed by atoms with Gasteiger partial charge < -0.3 is 5.32 Å². The van der Waals surface area contributed by atoms with Crippen LogP contribution in [-0.2, 0) is 6.54 Å². The van der Waals surface area contributed by atoms with E-state index in [1.54, 1.807) is 12.1 Å². The summed E-state index contributed by atoms with van der Waals surface area (Å²) in [6.07, 6.45) is 3.95. The summed E-state index contributed by atoms with van der Waals surface area (Å²) in [4.78, 5) is 2.52. The smallest absolute Gasteiger partial charge is 0.140 e. The quantitative estimate of drug-likeness (QED) is 0.898. The molecule has 1 aliphatic rings. The molecule has 0 aliphatic carbocycles. The number of rotatable bonds is 5. The molecule has 1 unspecified atom stereocenters. The van der Waals surface area contributed by atoms with Crippen molar-refractivity contribution < 1.29 is 4.39 Å². The fourth-order valence-electron chi connectivity index (χ4n) is 2.68. The number of halogens is 1. The summed E-state index contributed by atoms with van der Waals surface area (Å²) in [5, 5.41) is 12.2. The molecule has 1 fully saturated rings. The minimum Gasteiger partial charge on any atom is -0.311 e. The fourth-order valence-corrected chi connectivity index (χ4v) is 2.68. The molecule has 0 aromatic heterocycles. The van der Waals surface area contributed by atoms with E-state index in [0.29, 0.717) is 12.6 Å². The lowest BCUT2D eigenvalue weighted by atomic mass is 10.1. The van der Waals surface area contributed by atoms with E-state index in [1.807, 2.05) is 6.07 Å². The Kier molecular flexibility index (Phi) is 5.51. The second kappa shape index (κ2) is 7.37. The summed E-state index contributed by atoms with van der Waals surface area (Å²) in [5.74, 6) is -0.446. The molecule has 2 rings (SSSR count).